The predicted octanol–water partition coefficient (Wildman–Crippen LogP) is 11.9. The van der Waals surface area contributed by atoms with Gasteiger partial charge < -0.3 is 23.4 Å². The van der Waals surface area contributed by atoms with Crippen molar-refractivity contribution in [2.24, 2.45) is 0 Å². The molecule has 0 aromatic heterocycles. The first-order valence-corrected chi connectivity index (χ1v) is 23.0. The smallest absolute Gasteiger partial charge is 0.333 e. The molecule has 0 aliphatic carbocycles. The maximum absolute atomic E-state index is 12.7. The second-order valence-electron chi connectivity index (χ2n) is 15.8. The number of quaternary nitrogens is 1. The highest BCUT2D eigenvalue weighted by Crippen LogP contribution is 2.42. The summed E-state index contributed by atoms with van der Waals surface area (Å²) in [5, 5.41) is 0. The van der Waals surface area contributed by atoms with E-state index in [0.29, 0.717) is 17.4 Å². The largest absolute Gasteiger partial charge is 0.462 e. The highest BCUT2D eigenvalue weighted by molar-refractivity contribution is 7.52. The van der Waals surface area contributed by atoms with E-state index in [9.17, 15) is 19.0 Å². The Kier molecular flexibility index (Phi) is 33.7. The summed E-state index contributed by atoms with van der Waals surface area (Å²) in [5.41, 5.74) is 0. The predicted molar refractivity (Wildman–Crippen MR) is 214 cm³/mol. The number of unbranched alkanes of at least 4 members (excludes halogenated alkanes) is 23. The van der Waals surface area contributed by atoms with Gasteiger partial charge in [0.2, 0.25) is 0 Å². The number of ether oxygens (including phenoxy) is 2. The molecule has 1 N–H and O–H groups in total. The molecule has 2 atom stereocenters. The normalized spacial score (nSPS) is 13.8. The molecule has 0 rings (SSSR count). The molecule has 0 amide bonds. The van der Waals surface area contributed by atoms with Crippen molar-refractivity contribution in [3.05, 3.63) is 12.2 Å². The number of esters is 2. The molecule has 0 aliphatic rings. The highest BCUT2D eigenvalue weighted by Gasteiger charge is 2.27. The standard InChI is InChI=1S/C42H82NO7P/c1-6-8-10-12-14-16-18-20-21-23-25-27-29-31-33-35-42(45)50-40(39-49-51(46,47)37-36-43(3,4)5)38-48-41(44)34-32-30-28-26-24-22-19-17-15-13-11-9-7-2/h20-21,40H,6-19,22-39H2,1-5H3/p+1/b21-20-/t40-/m1/s1. The summed E-state index contributed by atoms with van der Waals surface area (Å²) in [5.74, 6) is -0.735. The van der Waals surface area contributed by atoms with Crippen molar-refractivity contribution in [1.82, 2.24) is 0 Å². The van der Waals surface area contributed by atoms with Crippen molar-refractivity contribution in [1.29, 1.82) is 0 Å². The maximum Gasteiger partial charge on any atom is 0.333 e. The Morgan fingerprint density at radius 3 is 1.41 bits per heavy atom. The molecule has 0 aromatic rings. The van der Waals surface area contributed by atoms with E-state index < -0.39 is 19.7 Å². The molecule has 9 heteroatoms. The number of carbonyl (C=O) groups is 2. The fourth-order valence-corrected chi connectivity index (χ4v) is 7.32. The molecule has 8 nitrogen and oxygen atoms in total. The molecule has 0 fully saturated rings. The number of nitrogens with zero attached hydrogens (tertiary/aromatic N) is 1. The van der Waals surface area contributed by atoms with Crippen LogP contribution < -0.4 is 0 Å². The zero-order chi connectivity index (χ0) is 37.9. The molecule has 0 saturated heterocycles. The van der Waals surface area contributed by atoms with Gasteiger partial charge in [-0.3, -0.25) is 14.2 Å². The number of rotatable bonds is 38. The summed E-state index contributed by atoms with van der Waals surface area (Å²) < 4.78 is 29.6. The van der Waals surface area contributed by atoms with Crippen LogP contribution in [0.2, 0.25) is 0 Å². The summed E-state index contributed by atoms with van der Waals surface area (Å²) in [7, 11) is 1.94. The molecule has 0 aromatic carbocycles. The third-order valence-electron chi connectivity index (χ3n) is 9.37. The van der Waals surface area contributed by atoms with Crippen LogP contribution in [0.15, 0.2) is 12.2 Å². The number of hydrogen-bond acceptors (Lipinski definition) is 6. The lowest BCUT2D eigenvalue weighted by molar-refractivity contribution is -0.867. The second-order valence-corrected chi connectivity index (χ2v) is 17.8. The van der Waals surface area contributed by atoms with Crippen molar-refractivity contribution in [3.63, 3.8) is 0 Å². The van der Waals surface area contributed by atoms with E-state index in [1.165, 1.54) is 109 Å². The molecule has 1 unspecified atom stereocenters. The van der Waals surface area contributed by atoms with Crippen LogP contribution in [0.4, 0.5) is 0 Å². The number of allylic oxidation sites excluding steroid dienone is 2. The van der Waals surface area contributed by atoms with E-state index in [1.807, 2.05) is 21.1 Å². The third-order valence-corrected chi connectivity index (χ3v) is 10.7. The fraction of sp³-hybridized carbons (Fsp3) is 0.905. The van der Waals surface area contributed by atoms with Crippen molar-refractivity contribution in [2.45, 2.75) is 200 Å². The van der Waals surface area contributed by atoms with Gasteiger partial charge in [0, 0.05) is 12.8 Å². The lowest BCUT2D eigenvalue weighted by atomic mass is 10.0. The zero-order valence-electron chi connectivity index (χ0n) is 34.2. The lowest BCUT2D eigenvalue weighted by Gasteiger charge is -2.25. The minimum Gasteiger partial charge on any atom is -0.462 e. The summed E-state index contributed by atoms with van der Waals surface area (Å²) >= 11 is 0. The van der Waals surface area contributed by atoms with Gasteiger partial charge in [0.05, 0.1) is 40.5 Å². The quantitative estimate of drug-likeness (QED) is 0.0221. The summed E-state index contributed by atoms with van der Waals surface area (Å²) in [4.78, 5) is 35.5. The van der Waals surface area contributed by atoms with Gasteiger partial charge in [-0.2, -0.15) is 0 Å². The summed E-state index contributed by atoms with van der Waals surface area (Å²) in [6, 6.07) is 0. The van der Waals surface area contributed by atoms with Crippen LogP contribution in [0, 0.1) is 0 Å². The van der Waals surface area contributed by atoms with Crippen LogP contribution in [0.1, 0.15) is 194 Å². The average Bonchev–Trinajstić information content (AvgIpc) is 3.08. The van der Waals surface area contributed by atoms with Gasteiger partial charge in [0.1, 0.15) is 6.61 Å². The van der Waals surface area contributed by atoms with Crippen molar-refractivity contribution >= 4 is 19.5 Å². The Morgan fingerprint density at radius 2 is 0.980 bits per heavy atom. The Bertz CT molecular complexity index is 889. The fourth-order valence-electron chi connectivity index (χ4n) is 5.94. The van der Waals surface area contributed by atoms with Crippen molar-refractivity contribution in [3.8, 4) is 0 Å². The molecule has 0 aliphatic heterocycles. The second kappa shape index (κ2) is 34.6. The first-order valence-electron chi connectivity index (χ1n) is 21.3. The molecule has 0 bridgehead atoms. The van der Waals surface area contributed by atoms with E-state index in [2.05, 4.69) is 26.0 Å². The van der Waals surface area contributed by atoms with E-state index >= 15 is 0 Å². The van der Waals surface area contributed by atoms with Gasteiger partial charge >= 0.3 is 19.5 Å². The number of carbonyl (C=O) groups excluding carboxylic acids is 2. The minimum atomic E-state index is -3.88. The van der Waals surface area contributed by atoms with E-state index in [4.69, 9.17) is 14.0 Å². The van der Waals surface area contributed by atoms with Gasteiger partial charge in [-0.25, -0.2) is 0 Å². The molecule has 0 radical (unpaired) electrons. The topological polar surface area (TPSA) is 99.1 Å². The lowest BCUT2D eigenvalue weighted by Crippen LogP contribution is -2.37. The van der Waals surface area contributed by atoms with Crippen LogP contribution in [-0.2, 0) is 28.2 Å². The molecule has 0 heterocycles. The molecule has 0 saturated carbocycles. The minimum absolute atomic E-state index is 0.00901. The Morgan fingerprint density at radius 1 is 0.588 bits per heavy atom. The van der Waals surface area contributed by atoms with Crippen LogP contribution in [0.25, 0.3) is 0 Å². The van der Waals surface area contributed by atoms with Gasteiger partial charge in [0.25, 0.3) is 0 Å². The van der Waals surface area contributed by atoms with Crippen molar-refractivity contribution in [2.75, 3.05) is 47.1 Å². The Balaban J connectivity index is 4.33. The summed E-state index contributed by atoms with van der Waals surface area (Å²) in [6.07, 6.45) is 35.7. The van der Waals surface area contributed by atoms with Crippen molar-refractivity contribution < 1.29 is 37.5 Å². The number of hydrogen-bond donors (Lipinski definition) is 1. The molecule has 0 spiro atoms. The molecular weight excluding hydrogens is 661 g/mol. The summed E-state index contributed by atoms with van der Waals surface area (Å²) in [6.45, 7) is 4.51. The van der Waals surface area contributed by atoms with Gasteiger partial charge in [-0.1, -0.05) is 154 Å². The Hall–Kier alpha value is -1.21. The van der Waals surface area contributed by atoms with Gasteiger partial charge in [-0.05, 0) is 38.5 Å². The first-order chi connectivity index (χ1) is 24.5. The molecular formula is C42H83NO7P+. The SMILES string of the molecule is CCCCCCCC/C=C\CCCCCCCC(=O)O[C@H](COC(=O)CCCCCCCCCCCCCCC)COP(=O)(O)CC[N+](C)(C)C. The van der Waals surface area contributed by atoms with E-state index in [1.54, 1.807) is 0 Å². The average molecular weight is 745 g/mol. The highest BCUT2D eigenvalue weighted by atomic mass is 31.2. The van der Waals surface area contributed by atoms with E-state index in [0.717, 1.165) is 57.8 Å². The molecule has 51 heavy (non-hydrogen) atoms. The monoisotopic (exact) mass is 745 g/mol. The Labute approximate surface area is 315 Å². The van der Waals surface area contributed by atoms with Crippen LogP contribution in [0.5, 0.6) is 0 Å². The maximum atomic E-state index is 12.7. The van der Waals surface area contributed by atoms with Gasteiger partial charge in [-0.15, -0.1) is 0 Å². The van der Waals surface area contributed by atoms with Crippen LogP contribution >= 0.6 is 7.60 Å². The van der Waals surface area contributed by atoms with Crippen LogP contribution in [0.3, 0.4) is 0 Å². The van der Waals surface area contributed by atoms with Gasteiger partial charge in [0.15, 0.2) is 6.10 Å². The molecule has 302 valence electrons. The van der Waals surface area contributed by atoms with Crippen LogP contribution in [-0.4, -0.2) is 74.5 Å². The third kappa shape index (κ3) is 38.3. The van der Waals surface area contributed by atoms with E-state index in [-0.39, 0.29) is 31.8 Å². The first kappa shape index (κ1) is 49.8. The zero-order valence-corrected chi connectivity index (χ0v) is 35.0.